The third-order valence-corrected chi connectivity index (χ3v) is 4.14. The van der Waals surface area contributed by atoms with Crippen molar-refractivity contribution in [3.05, 3.63) is 24.3 Å². The molecule has 2 rings (SSSR count). The Kier molecular flexibility index (Phi) is 6.05. The quantitative estimate of drug-likeness (QED) is 0.876. The van der Waals surface area contributed by atoms with Crippen LogP contribution in [0.4, 0.5) is 11.4 Å². The highest BCUT2D eigenvalue weighted by Crippen LogP contribution is 2.18. The van der Waals surface area contributed by atoms with E-state index in [9.17, 15) is 4.79 Å². The lowest BCUT2D eigenvalue weighted by atomic mass is 10.1. The molecule has 1 atom stereocenters. The Bertz CT molecular complexity index is 432. The van der Waals surface area contributed by atoms with E-state index in [0.717, 1.165) is 38.2 Å². The van der Waals surface area contributed by atoms with Crippen LogP contribution in [0.1, 0.15) is 39.5 Å². The molecule has 2 N–H and O–H groups in total. The van der Waals surface area contributed by atoms with Crippen LogP contribution in [0.5, 0.6) is 0 Å². The van der Waals surface area contributed by atoms with Gasteiger partial charge < -0.3 is 15.5 Å². The van der Waals surface area contributed by atoms with Gasteiger partial charge in [0.05, 0.1) is 6.04 Å². The van der Waals surface area contributed by atoms with Gasteiger partial charge in [-0.05, 0) is 57.5 Å². The molecule has 21 heavy (non-hydrogen) atoms. The van der Waals surface area contributed by atoms with Crippen molar-refractivity contribution in [1.82, 2.24) is 5.32 Å². The zero-order chi connectivity index (χ0) is 15.1. The number of hydrogen-bond donors (Lipinski definition) is 2. The Balaban J connectivity index is 1.94. The van der Waals surface area contributed by atoms with Crippen molar-refractivity contribution in [2.75, 3.05) is 29.9 Å². The highest BCUT2D eigenvalue weighted by atomic mass is 16.2. The van der Waals surface area contributed by atoms with Crippen molar-refractivity contribution in [1.29, 1.82) is 0 Å². The first kappa shape index (κ1) is 15.8. The van der Waals surface area contributed by atoms with Crippen molar-refractivity contribution in [3.63, 3.8) is 0 Å². The second-order valence-corrected chi connectivity index (χ2v) is 5.56. The Morgan fingerprint density at radius 2 is 1.90 bits per heavy atom. The lowest BCUT2D eigenvalue weighted by Crippen LogP contribution is -2.39. The number of amides is 1. The number of anilines is 2. The molecule has 4 heteroatoms. The Hall–Kier alpha value is -1.55. The largest absolute Gasteiger partial charge is 0.372 e. The van der Waals surface area contributed by atoms with Gasteiger partial charge >= 0.3 is 0 Å². The van der Waals surface area contributed by atoms with E-state index in [1.807, 2.05) is 12.1 Å². The lowest BCUT2D eigenvalue weighted by Gasteiger charge is -2.21. The van der Waals surface area contributed by atoms with Crippen molar-refractivity contribution in [2.24, 2.45) is 0 Å². The van der Waals surface area contributed by atoms with Gasteiger partial charge in [-0.15, -0.1) is 0 Å². The molecule has 0 bridgehead atoms. The van der Waals surface area contributed by atoms with Gasteiger partial charge in [0.15, 0.2) is 0 Å². The average molecular weight is 289 g/mol. The van der Waals surface area contributed by atoms with E-state index in [2.05, 4.69) is 41.5 Å². The number of carbonyl (C=O) groups is 1. The van der Waals surface area contributed by atoms with Crippen molar-refractivity contribution >= 4 is 17.3 Å². The summed E-state index contributed by atoms with van der Waals surface area (Å²) in [5, 5.41) is 6.35. The van der Waals surface area contributed by atoms with E-state index in [-0.39, 0.29) is 11.9 Å². The molecule has 1 aromatic rings. The number of nitrogens with one attached hydrogen (secondary N) is 2. The summed E-state index contributed by atoms with van der Waals surface area (Å²) in [6.07, 6.45) is 4.45. The molecule has 1 unspecified atom stereocenters. The highest BCUT2D eigenvalue weighted by Gasteiger charge is 2.19. The molecule has 0 radical (unpaired) electrons. The number of rotatable bonds is 5. The second-order valence-electron chi connectivity index (χ2n) is 5.56. The van der Waals surface area contributed by atoms with Crippen LogP contribution in [0, 0.1) is 0 Å². The van der Waals surface area contributed by atoms with Crippen LogP contribution in [-0.2, 0) is 4.79 Å². The van der Waals surface area contributed by atoms with Crippen LogP contribution >= 0.6 is 0 Å². The number of benzene rings is 1. The number of hydrogen-bond acceptors (Lipinski definition) is 3. The van der Waals surface area contributed by atoms with E-state index in [4.69, 9.17) is 0 Å². The maximum absolute atomic E-state index is 12.3. The smallest absolute Gasteiger partial charge is 0.241 e. The molecule has 1 aliphatic heterocycles. The summed E-state index contributed by atoms with van der Waals surface area (Å²) >= 11 is 0. The molecule has 0 spiro atoms. The van der Waals surface area contributed by atoms with Crippen LogP contribution < -0.4 is 15.5 Å². The van der Waals surface area contributed by atoms with E-state index in [0.29, 0.717) is 0 Å². The summed E-state index contributed by atoms with van der Waals surface area (Å²) in [7, 11) is 0. The summed E-state index contributed by atoms with van der Waals surface area (Å²) in [6.45, 7) is 7.23. The van der Waals surface area contributed by atoms with Crippen molar-refractivity contribution in [2.45, 2.75) is 45.6 Å². The standard InChI is InChI=1S/C17H27N3O/c1-3-20(4-2)15-11-9-14(10-12-15)19-17(21)16-8-6-5-7-13-18-16/h9-12,16,18H,3-8,13H2,1-2H3,(H,19,21). The van der Waals surface area contributed by atoms with E-state index < -0.39 is 0 Å². The van der Waals surface area contributed by atoms with Gasteiger partial charge in [0.1, 0.15) is 0 Å². The van der Waals surface area contributed by atoms with Crippen LogP contribution in [0.3, 0.4) is 0 Å². The van der Waals surface area contributed by atoms with Gasteiger partial charge in [0, 0.05) is 24.5 Å². The third kappa shape index (κ3) is 4.46. The third-order valence-electron chi connectivity index (χ3n) is 4.14. The molecule has 4 nitrogen and oxygen atoms in total. The van der Waals surface area contributed by atoms with Gasteiger partial charge in [-0.25, -0.2) is 0 Å². The topological polar surface area (TPSA) is 44.4 Å². The molecule has 116 valence electrons. The fraction of sp³-hybridized carbons (Fsp3) is 0.588. The maximum atomic E-state index is 12.3. The predicted molar refractivity (Wildman–Crippen MR) is 88.9 cm³/mol. The SMILES string of the molecule is CCN(CC)c1ccc(NC(=O)C2CCCCCN2)cc1. The molecular weight excluding hydrogens is 262 g/mol. The van der Waals surface area contributed by atoms with Gasteiger partial charge in [-0.3, -0.25) is 4.79 Å². The Morgan fingerprint density at radius 1 is 1.19 bits per heavy atom. The number of carbonyl (C=O) groups excluding carboxylic acids is 1. The minimum atomic E-state index is -0.0463. The van der Waals surface area contributed by atoms with Crippen molar-refractivity contribution in [3.8, 4) is 0 Å². The van der Waals surface area contributed by atoms with E-state index >= 15 is 0 Å². The first-order valence-corrected chi connectivity index (χ1v) is 8.13. The maximum Gasteiger partial charge on any atom is 0.241 e. The van der Waals surface area contributed by atoms with E-state index in [1.165, 1.54) is 18.5 Å². The minimum absolute atomic E-state index is 0.0463. The van der Waals surface area contributed by atoms with Gasteiger partial charge in [-0.1, -0.05) is 12.8 Å². The molecule has 1 saturated heterocycles. The normalized spacial score (nSPS) is 18.9. The second kappa shape index (κ2) is 8.03. The fourth-order valence-corrected chi connectivity index (χ4v) is 2.83. The van der Waals surface area contributed by atoms with E-state index in [1.54, 1.807) is 0 Å². The fourth-order valence-electron chi connectivity index (χ4n) is 2.83. The minimum Gasteiger partial charge on any atom is -0.372 e. The zero-order valence-electron chi connectivity index (χ0n) is 13.2. The molecule has 1 heterocycles. The monoisotopic (exact) mass is 289 g/mol. The summed E-state index contributed by atoms with van der Waals surface area (Å²) in [5.74, 6) is 0.0903. The predicted octanol–water partition coefficient (Wildman–Crippen LogP) is 3.00. The molecule has 1 fully saturated rings. The summed E-state index contributed by atoms with van der Waals surface area (Å²) in [5.41, 5.74) is 2.08. The molecular formula is C17H27N3O. The van der Waals surface area contributed by atoms with Crippen LogP contribution in [0.15, 0.2) is 24.3 Å². The van der Waals surface area contributed by atoms with Crippen LogP contribution in [0.25, 0.3) is 0 Å². The molecule has 1 amide bonds. The summed E-state index contributed by atoms with van der Waals surface area (Å²) in [6, 6.07) is 8.08. The van der Waals surface area contributed by atoms with Crippen LogP contribution in [0.2, 0.25) is 0 Å². The van der Waals surface area contributed by atoms with Gasteiger partial charge in [0.2, 0.25) is 5.91 Å². The number of nitrogens with zero attached hydrogens (tertiary/aromatic N) is 1. The van der Waals surface area contributed by atoms with Crippen LogP contribution in [-0.4, -0.2) is 31.6 Å². The molecule has 1 aliphatic rings. The summed E-state index contributed by atoms with van der Waals surface area (Å²) in [4.78, 5) is 14.6. The zero-order valence-corrected chi connectivity index (χ0v) is 13.2. The summed E-state index contributed by atoms with van der Waals surface area (Å²) < 4.78 is 0. The molecule has 0 aliphatic carbocycles. The first-order chi connectivity index (χ1) is 10.2. The molecule has 0 aromatic heterocycles. The highest BCUT2D eigenvalue weighted by molar-refractivity contribution is 5.95. The Morgan fingerprint density at radius 3 is 2.57 bits per heavy atom. The van der Waals surface area contributed by atoms with Gasteiger partial charge in [-0.2, -0.15) is 0 Å². The van der Waals surface area contributed by atoms with Gasteiger partial charge in [0.25, 0.3) is 0 Å². The molecule has 0 saturated carbocycles. The lowest BCUT2D eigenvalue weighted by molar-refractivity contribution is -0.118. The Labute approximate surface area is 127 Å². The van der Waals surface area contributed by atoms with Crippen molar-refractivity contribution < 1.29 is 4.79 Å². The molecule has 1 aromatic carbocycles. The first-order valence-electron chi connectivity index (χ1n) is 8.13. The average Bonchev–Trinajstić information content (AvgIpc) is 2.79.